The maximum Gasteiger partial charge on any atom is 0.188 e. The Hall–Kier alpha value is -0.343. The molecule has 0 heterocycles. The van der Waals surface area contributed by atoms with Gasteiger partial charge in [0.1, 0.15) is 0 Å². The Morgan fingerprint density at radius 1 is 1.15 bits per heavy atom. The quantitative estimate of drug-likeness (QED) is 0.294. The first-order chi connectivity index (χ1) is 12.2. The molecule has 0 saturated carbocycles. The molecule has 0 aliphatic rings. The Labute approximate surface area is 175 Å². The number of hydrogen-bond acceptors (Lipinski definition) is 5. The normalized spacial score (nSPS) is 16.2. The maximum absolute atomic E-state index is 6.65. The zero-order valence-electron chi connectivity index (χ0n) is 17.6. The Kier molecular flexibility index (Phi) is 8.63. The topological polar surface area (TPSA) is 82.5 Å². The molecule has 1 rings (SSSR count). The van der Waals surface area contributed by atoms with Gasteiger partial charge in [0.05, 0.1) is 34.1 Å². The van der Waals surface area contributed by atoms with Crippen LogP contribution in [0.3, 0.4) is 0 Å². The summed E-state index contributed by atoms with van der Waals surface area (Å²) >= 11 is 12.5. The fraction of sp³-hybridized carbons (Fsp3) is 0.684. The molecular formula is C19H35Cl2N3O2Si. The molecular weight excluding hydrogens is 401 g/mol. The van der Waals surface area contributed by atoms with Crippen LogP contribution in [0.5, 0.6) is 0 Å². The Morgan fingerprint density at radius 3 is 2.11 bits per heavy atom. The summed E-state index contributed by atoms with van der Waals surface area (Å²) in [5.41, 5.74) is 12.9. The van der Waals surface area contributed by atoms with Crippen molar-refractivity contribution in [2.45, 2.75) is 58.6 Å². The van der Waals surface area contributed by atoms with Crippen LogP contribution in [0.15, 0.2) is 12.1 Å². The molecule has 1 aromatic rings. The Balaban J connectivity index is 3.13. The summed E-state index contributed by atoms with van der Waals surface area (Å²) in [6.07, 6.45) is -0.246. The van der Waals surface area contributed by atoms with Gasteiger partial charge in [0.15, 0.2) is 8.32 Å². The molecule has 0 aromatic heterocycles. The third-order valence-electron chi connectivity index (χ3n) is 4.03. The van der Waals surface area contributed by atoms with Crippen molar-refractivity contribution in [3.8, 4) is 0 Å². The SMILES string of the molecule is COCC(C)(N)NCC(O[Si](C)(C)CC(C)(C)C)c1cc(Cl)c(N)c(Cl)c1. The molecule has 1 aromatic carbocycles. The predicted octanol–water partition coefficient (Wildman–Crippen LogP) is 4.80. The van der Waals surface area contributed by atoms with Crippen molar-refractivity contribution in [1.29, 1.82) is 0 Å². The lowest BCUT2D eigenvalue weighted by Crippen LogP contribution is -2.56. The van der Waals surface area contributed by atoms with Gasteiger partial charge >= 0.3 is 0 Å². The fourth-order valence-corrected chi connectivity index (χ4v) is 7.53. The number of nitrogen functional groups attached to an aromatic ring is 1. The van der Waals surface area contributed by atoms with E-state index in [1.807, 2.05) is 19.1 Å². The van der Waals surface area contributed by atoms with Crippen LogP contribution in [-0.2, 0) is 9.16 Å². The molecule has 0 fully saturated rings. The second-order valence-electron chi connectivity index (χ2n) is 9.23. The van der Waals surface area contributed by atoms with Crippen LogP contribution >= 0.6 is 23.2 Å². The molecule has 0 radical (unpaired) electrons. The highest BCUT2D eigenvalue weighted by Crippen LogP contribution is 2.36. The van der Waals surface area contributed by atoms with Gasteiger partial charge in [-0.1, -0.05) is 44.0 Å². The van der Waals surface area contributed by atoms with E-state index in [0.717, 1.165) is 11.6 Å². The van der Waals surface area contributed by atoms with Gasteiger partial charge in [-0.25, -0.2) is 0 Å². The van der Waals surface area contributed by atoms with E-state index >= 15 is 0 Å². The number of methoxy groups -OCH3 is 1. The highest BCUT2D eigenvalue weighted by molar-refractivity contribution is 6.71. The average molecular weight is 437 g/mol. The number of anilines is 1. The third-order valence-corrected chi connectivity index (χ3v) is 7.49. The van der Waals surface area contributed by atoms with E-state index in [1.165, 1.54) is 0 Å². The predicted molar refractivity (Wildman–Crippen MR) is 119 cm³/mol. The summed E-state index contributed by atoms with van der Waals surface area (Å²) in [7, 11) is -0.353. The molecule has 0 spiro atoms. The number of hydrogen-bond donors (Lipinski definition) is 3. The molecule has 2 unspecified atom stereocenters. The summed E-state index contributed by atoms with van der Waals surface area (Å²) in [5.74, 6) is 0. The van der Waals surface area contributed by atoms with Crippen molar-refractivity contribution in [3.63, 3.8) is 0 Å². The summed E-state index contributed by atoms with van der Waals surface area (Å²) in [4.78, 5) is 0. The largest absolute Gasteiger partial charge is 0.409 e. The van der Waals surface area contributed by atoms with Crippen molar-refractivity contribution >= 4 is 37.2 Å². The van der Waals surface area contributed by atoms with Crippen LogP contribution in [0, 0.1) is 5.41 Å². The van der Waals surface area contributed by atoms with E-state index in [4.69, 9.17) is 43.8 Å². The maximum atomic E-state index is 6.65. The first-order valence-electron chi connectivity index (χ1n) is 9.11. The zero-order chi connectivity index (χ0) is 21.0. The molecule has 0 amide bonds. The summed E-state index contributed by atoms with van der Waals surface area (Å²) in [5, 5.41) is 4.18. The lowest BCUT2D eigenvalue weighted by molar-refractivity contribution is 0.105. The third kappa shape index (κ3) is 8.69. The highest BCUT2D eigenvalue weighted by Gasteiger charge is 2.33. The lowest BCUT2D eigenvalue weighted by atomic mass is 10.0. The Morgan fingerprint density at radius 2 is 1.67 bits per heavy atom. The first kappa shape index (κ1) is 24.7. The van der Waals surface area contributed by atoms with Crippen LogP contribution in [0.4, 0.5) is 5.69 Å². The minimum Gasteiger partial charge on any atom is -0.409 e. The highest BCUT2D eigenvalue weighted by atomic mass is 35.5. The number of ether oxygens (including phenoxy) is 1. The number of nitrogens with two attached hydrogens (primary N) is 2. The summed E-state index contributed by atoms with van der Waals surface area (Å²) in [6.45, 7) is 13.9. The van der Waals surface area contributed by atoms with E-state index < -0.39 is 14.0 Å². The van der Waals surface area contributed by atoms with Gasteiger partial charge in [0, 0.05) is 13.7 Å². The molecule has 27 heavy (non-hydrogen) atoms. The number of benzene rings is 1. The van der Waals surface area contributed by atoms with Crippen LogP contribution in [0.1, 0.15) is 39.4 Å². The van der Waals surface area contributed by atoms with Gasteiger partial charge in [0.25, 0.3) is 0 Å². The molecule has 5 N–H and O–H groups in total. The Bertz CT molecular complexity index is 611. The van der Waals surface area contributed by atoms with Crippen LogP contribution in [0.2, 0.25) is 29.2 Å². The van der Waals surface area contributed by atoms with Crippen molar-refractivity contribution in [2.24, 2.45) is 11.1 Å². The second-order valence-corrected chi connectivity index (χ2v) is 14.2. The van der Waals surface area contributed by atoms with Crippen LogP contribution in [-0.4, -0.2) is 34.2 Å². The van der Waals surface area contributed by atoms with Crippen molar-refractivity contribution in [2.75, 3.05) is 26.0 Å². The van der Waals surface area contributed by atoms with Gasteiger partial charge in [-0.15, -0.1) is 0 Å². The molecule has 2 atom stereocenters. The standard InChI is InChI=1S/C19H35Cl2N3O2Si/c1-18(2,3)12-27(6,7)26-16(10-24-19(4,23)11-25-5)13-8-14(20)17(22)15(21)9-13/h8-9,16,24H,10-12,22-23H2,1-7H3. The van der Waals surface area contributed by atoms with Crippen molar-refractivity contribution < 1.29 is 9.16 Å². The zero-order valence-corrected chi connectivity index (χ0v) is 20.1. The van der Waals surface area contributed by atoms with Crippen molar-refractivity contribution in [1.82, 2.24) is 5.32 Å². The fourth-order valence-electron chi connectivity index (χ4n) is 3.40. The molecule has 8 heteroatoms. The summed E-state index contributed by atoms with van der Waals surface area (Å²) < 4.78 is 11.8. The van der Waals surface area contributed by atoms with Crippen LogP contribution < -0.4 is 16.8 Å². The second kappa shape index (κ2) is 9.44. The van der Waals surface area contributed by atoms with E-state index in [2.05, 4.69) is 39.2 Å². The van der Waals surface area contributed by atoms with Gasteiger partial charge in [0.2, 0.25) is 0 Å². The van der Waals surface area contributed by atoms with E-state index in [0.29, 0.717) is 28.9 Å². The summed E-state index contributed by atoms with van der Waals surface area (Å²) in [6, 6.07) is 4.66. The van der Waals surface area contributed by atoms with Gasteiger partial charge in [-0.05, 0) is 49.2 Å². The molecule has 5 nitrogen and oxygen atoms in total. The number of halogens is 2. The molecule has 0 bridgehead atoms. The monoisotopic (exact) mass is 435 g/mol. The molecule has 0 saturated heterocycles. The van der Waals surface area contributed by atoms with E-state index in [-0.39, 0.29) is 11.5 Å². The minimum atomic E-state index is -1.98. The van der Waals surface area contributed by atoms with Gasteiger partial charge in [-0.3, -0.25) is 5.32 Å². The smallest absolute Gasteiger partial charge is 0.188 e. The van der Waals surface area contributed by atoms with Gasteiger partial charge in [-0.2, -0.15) is 0 Å². The molecule has 0 aliphatic carbocycles. The van der Waals surface area contributed by atoms with E-state index in [1.54, 1.807) is 7.11 Å². The average Bonchev–Trinajstić information content (AvgIpc) is 2.46. The molecule has 0 aliphatic heterocycles. The van der Waals surface area contributed by atoms with Crippen LogP contribution in [0.25, 0.3) is 0 Å². The number of rotatable bonds is 9. The molecule has 156 valence electrons. The van der Waals surface area contributed by atoms with Gasteiger partial charge < -0.3 is 20.6 Å². The van der Waals surface area contributed by atoms with Crippen molar-refractivity contribution in [3.05, 3.63) is 27.7 Å². The minimum absolute atomic E-state index is 0.183. The van der Waals surface area contributed by atoms with E-state index in [9.17, 15) is 0 Å². The first-order valence-corrected chi connectivity index (χ1v) is 13.0. The number of nitrogens with one attached hydrogen (secondary N) is 1. The lowest BCUT2D eigenvalue weighted by Gasteiger charge is -2.36.